The average molecular weight is 600 g/mol. The fourth-order valence-corrected chi connectivity index (χ4v) is 5.74. The molecule has 0 atom stereocenters. The SMILES string of the molecule is Cc1cc2cc(OC(F)F)c(F)c(C#N)c2c(=O)n1CCOc1ccc(Cl)cc1-c1ccnc2c(C(=O)O)csc12. The molecule has 0 fully saturated rings. The largest absolute Gasteiger partial charge is 0.491 e. The lowest BCUT2D eigenvalue weighted by Gasteiger charge is -2.16. The van der Waals surface area contributed by atoms with E-state index >= 15 is 0 Å². The van der Waals surface area contributed by atoms with Crippen molar-refractivity contribution < 1.29 is 32.5 Å². The predicted octanol–water partition coefficient (Wildman–Crippen LogP) is 6.63. The van der Waals surface area contributed by atoms with Crippen LogP contribution in [0.25, 0.3) is 32.1 Å². The number of hydrogen-bond donors (Lipinski definition) is 1. The van der Waals surface area contributed by atoms with Crippen LogP contribution in [0.5, 0.6) is 11.5 Å². The van der Waals surface area contributed by atoms with Gasteiger partial charge in [0.1, 0.15) is 24.0 Å². The van der Waals surface area contributed by atoms with Crippen LogP contribution in [-0.2, 0) is 6.54 Å². The van der Waals surface area contributed by atoms with Crippen LogP contribution in [0.4, 0.5) is 13.2 Å². The molecular formula is C28H17ClF3N3O5S. The van der Waals surface area contributed by atoms with Gasteiger partial charge in [0.2, 0.25) is 0 Å². The number of rotatable bonds is 8. The molecule has 0 unspecified atom stereocenters. The Morgan fingerprint density at radius 2 is 2.00 bits per heavy atom. The van der Waals surface area contributed by atoms with Gasteiger partial charge < -0.3 is 19.1 Å². The van der Waals surface area contributed by atoms with Gasteiger partial charge in [-0.1, -0.05) is 11.6 Å². The Morgan fingerprint density at radius 3 is 2.71 bits per heavy atom. The molecule has 0 bridgehead atoms. The third-order valence-electron chi connectivity index (χ3n) is 6.33. The van der Waals surface area contributed by atoms with Gasteiger partial charge in [-0.3, -0.25) is 9.78 Å². The van der Waals surface area contributed by atoms with Gasteiger partial charge in [0.05, 0.1) is 27.7 Å². The summed E-state index contributed by atoms with van der Waals surface area (Å²) in [6.45, 7) is -1.75. The first-order valence-electron chi connectivity index (χ1n) is 11.8. The summed E-state index contributed by atoms with van der Waals surface area (Å²) in [4.78, 5) is 29.1. The molecule has 2 aromatic carbocycles. The Hall–Kier alpha value is -4.60. The minimum atomic E-state index is -3.31. The normalized spacial score (nSPS) is 11.2. The number of fused-ring (bicyclic) bond motifs is 2. The monoisotopic (exact) mass is 599 g/mol. The maximum Gasteiger partial charge on any atom is 0.387 e. The lowest BCUT2D eigenvalue weighted by Crippen LogP contribution is -2.26. The van der Waals surface area contributed by atoms with Gasteiger partial charge in [0.15, 0.2) is 11.6 Å². The highest BCUT2D eigenvalue weighted by Crippen LogP contribution is 2.39. The maximum atomic E-state index is 14.7. The summed E-state index contributed by atoms with van der Waals surface area (Å²) < 4.78 is 52.3. The maximum absolute atomic E-state index is 14.7. The minimum absolute atomic E-state index is 0.00162. The Kier molecular flexibility index (Phi) is 7.57. The van der Waals surface area contributed by atoms with E-state index in [1.807, 2.05) is 0 Å². The standard InChI is InChI=1S/C28H17ClF3N3O5S/c1-13-8-14-9-21(40-28(31)32)23(30)18(11-33)22(14)26(36)35(13)6-7-39-20-3-2-15(29)10-17(20)16-4-5-34-24-19(27(37)38)12-41-25(16)24/h2-5,8-10,12,28H,6-7H2,1H3,(H,37,38). The van der Waals surface area contributed by atoms with Crippen LogP contribution < -0.4 is 15.0 Å². The van der Waals surface area contributed by atoms with Gasteiger partial charge in [-0.05, 0) is 48.7 Å². The molecule has 8 nitrogen and oxygen atoms in total. The first-order chi connectivity index (χ1) is 19.6. The molecule has 5 aromatic rings. The molecule has 208 valence electrons. The quantitative estimate of drug-likeness (QED) is 0.213. The summed E-state index contributed by atoms with van der Waals surface area (Å²) in [5.41, 5.74) is 0.643. The average Bonchev–Trinajstić information content (AvgIpc) is 3.37. The lowest BCUT2D eigenvalue weighted by atomic mass is 10.0. The van der Waals surface area contributed by atoms with E-state index in [1.165, 1.54) is 33.5 Å². The van der Waals surface area contributed by atoms with Crippen LogP contribution in [0.2, 0.25) is 5.02 Å². The summed E-state index contributed by atoms with van der Waals surface area (Å²) in [7, 11) is 0. The van der Waals surface area contributed by atoms with Crippen molar-refractivity contribution in [3.8, 4) is 28.7 Å². The number of nitriles is 1. The molecule has 0 aliphatic heterocycles. The van der Waals surface area contributed by atoms with Crippen LogP contribution in [0.15, 0.2) is 52.8 Å². The third kappa shape index (κ3) is 5.17. The zero-order valence-corrected chi connectivity index (χ0v) is 22.5. The molecular weight excluding hydrogens is 583 g/mol. The number of aromatic nitrogens is 2. The van der Waals surface area contributed by atoms with Crippen molar-refractivity contribution in [1.82, 2.24) is 9.55 Å². The second kappa shape index (κ2) is 11.1. The molecule has 13 heteroatoms. The number of nitrogens with zero attached hydrogens (tertiary/aromatic N) is 3. The molecule has 41 heavy (non-hydrogen) atoms. The van der Waals surface area contributed by atoms with Crippen molar-refractivity contribution >= 4 is 49.9 Å². The summed E-state index contributed by atoms with van der Waals surface area (Å²) in [5, 5.41) is 20.7. The van der Waals surface area contributed by atoms with Crippen molar-refractivity contribution in [3.63, 3.8) is 0 Å². The van der Waals surface area contributed by atoms with E-state index in [2.05, 4.69) is 9.72 Å². The van der Waals surface area contributed by atoms with Gasteiger partial charge in [-0.2, -0.15) is 14.0 Å². The second-order valence-corrected chi connectivity index (χ2v) is 10.1. The minimum Gasteiger partial charge on any atom is -0.491 e. The number of halogens is 4. The van der Waals surface area contributed by atoms with Crippen LogP contribution in [0.3, 0.4) is 0 Å². The van der Waals surface area contributed by atoms with E-state index in [1.54, 1.807) is 37.3 Å². The van der Waals surface area contributed by atoms with Crippen molar-refractivity contribution in [1.29, 1.82) is 5.26 Å². The molecule has 0 saturated carbocycles. The number of benzene rings is 2. The van der Waals surface area contributed by atoms with Gasteiger partial charge in [0.25, 0.3) is 5.56 Å². The summed E-state index contributed by atoms with van der Waals surface area (Å²) in [5.74, 6) is -2.88. The fraction of sp³-hybridized carbons (Fsp3) is 0.143. The summed E-state index contributed by atoms with van der Waals surface area (Å²) in [6.07, 6.45) is 1.49. The molecule has 0 spiro atoms. The first kappa shape index (κ1) is 27.9. The van der Waals surface area contributed by atoms with Crippen LogP contribution in [-0.4, -0.2) is 33.8 Å². The van der Waals surface area contributed by atoms with Crippen LogP contribution in [0, 0.1) is 24.1 Å². The molecule has 5 rings (SSSR count). The number of aromatic carboxylic acids is 1. The first-order valence-corrected chi connectivity index (χ1v) is 13.1. The van der Waals surface area contributed by atoms with E-state index in [9.17, 15) is 33.1 Å². The number of pyridine rings is 2. The molecule has 0 amide bonds. The van der Waals surface area contributed by atoms with E-state index in [-0.39, 0.29) is 29.5 Å². The number of carbonyl (C=O) groups is 1. The smallest absolute Gasteiger partial charge is 0.387 e. The lowest BCUT2D eigenvalue weighted by molar-refractivity contribution is -0.0521. The topological polar surface area (TPSA) is 114 Å². The van der Waals surface area contributed by atoms with Crippen LogP contribution in [0.1, 0.15) is 21.6 Å². The third-order valence-corrected chi connectivity index (χ3v) is 7.56. The highest BCUT2D eigenvalue weighted by molar-refractivity contribution is 7.18. The number of carboxylic acids is 1. The van der Waals surface area contributed by atoms with Crippen molar-refractivity contribution in [2.24, 2.45) is 0 Å². The van der Waals surface area contributed by atoms with Gasteiger partial charge in [-0.15, -0.1) is 11.3 Å². The molecule has 0 radical (unpaired) electrons. The van der Waals surface area contributed by atoms with E-state index in [4.69, 9.17) is 16.3 Å². The summed E-state index contributed by atoms with van der Waals surface area (Å²) in [6, 6.07) is 10.6. The van der Waals surface area contributed by atoms with Crippen molar-refractivity contribution in [2.45, 2.75) is 20.1 Å². The molecule has 0 saturated heterocycles. The van der Waals surface area contributed by atoms with Crippen LogP contribution >= 0.6 is 22.9 Å². The second-order valence-electron chi connectivity index (χ2n) is 8.74. The number of aryl methyl sites for hydroxylation is 1. The highest BCUT2D eigenvalue weighted by Gasteiger charge is 2.22. The van der Waals surface area contributed by atoms with E-state index in [0.717, 1.165) is 6.07 Å². The van der Waals surface area contributed by atoms with E-state index < -0.39 is 35.3 Å². The number of alkyl halides is 2. The fourth-order valence-electron chi connectivity index (χ4n) is 4.54. The molecule has 0 aliphatic rings. The molecule has 3 aromatic heterocycles. The molecule has 3 heterocycles. The number of thiophene rings is 1. The Morgan fingerprint density at radius 1 is 1.22 bits per heavy atom. The van der Waals surface area contributed by atoms with Gasteiger partial charge >= 0.3 is 12.6 Å². The Labute approximate surface area is 238 Å². The highest BCUT2D eigenvalue weighted by atomic mass is 35.5. The predicted molar refractivity (Wildman–Crippen MR) is 147 cm³/mol. The molecule has 1 N–H and O–H groups in total. The number of ether oxygens (including phenoxy) is 2. The van der Waals surface area contributed by atoms with Crippen molar-refractivity contribution in [3.05, 3.63) is 86.0 Å². The van der Waals surface area contributed by atoms with Crippen molar-refractivity contribution in [2.75, 3.05) is 6.61 Å². The van der Waals surface area contributed by atoms with Gasteiger partial charge in [-0.25, -0.2) is 9.18 Å². The Balaban J connectivity index is 1.49. The van der Waals surface area contributed by atoms with E-state index in [0.29, 0.717) is 37.8 Å². The summed E-state index contributed by atoms with van der Waals surface area (Å²) >= 11 is 7.48. The Bertz CT molecular complexity index is 1950. The van der Waals surface area contributed by atoms with Gasteiger partial charge in [0, 0.05) is 33.4 Å². The number of carboxylic acid groups (broad SMARTS) is 1. The zero-order valence-electron chi connectivity index (χ0n) is 21.0. The molecule has 0 aliphatic carbocycles. The zero-order chi connectivity index (χ0) is 29.4. The number of hydrogen-bond acceptors (Lipinski definition) is 7.